The number of aliphatic carboxylic acids is 1. The molecule has 0 radical (unpaired) electrons. The average molecular weight is 219 g/mol. The molecule has 0 spiro atoms. The minimum atomic E-state index is -0.760. The van der Waals surface area contributed by atoms with E-state index in [0.29, 0.717) is 6.04 Å². The second-order valence-electron chi connectivity index (χ2n) is 4.45. The van der Waals surface area contributed by atoms with Crippen LogP contribution in [-0.2, 0) is 17.8 Å². The van der Waals surface area contributed by atoms with Crippen LogP contribution < -0.4 is 0 Å². The number of benzene rings is 1. The lowest BCUT2D eigenvalue weighted by Gasteiger charge is -2.39. The summed E-state index contributed by atoms with van der Waals surface area (Å²) in [5, 5.41) is 8.84. The van der Waals surface area contributed by atoms with Crippen molar-refractivity contribution in [1.82, 2.24) is 4.90 Å². The number of carboxylic acids is 1. The summed E-state index contributed by atoms with van der Waals surface area (Å²) in [5.74, 6) is -0.760. The van der Waals surface area contributed by atoms with Gasteiger partial charge in [-0.1, -0.05) is 24.3 Å². The van der Waals surface area contributed by atoms with E-state index in [0.717, 1.165) is 24.2 Å². The molecule has 1 atom stereocenters. The van der Waals surface area contributed by atoms with E-state index >= 15 is 0 Å². The molecule has 16 heavy (non-hydrogen) atoms. The lowest BCUT2D eigenvalue weighted by Crippen LogP contribution is -2.44. The van der Waals surface area contributed by atoms with Gasteiger partial charge >= 0.3 is 5.97 Å². The van der Waals surface area contributed by atoms with Gasteiger partial charge in [0.15, 0.2) is 0 Å². The zero-order chi connectivity index (χ0) is 11.5. The van der Waals surface area contributed by atoms with Crippen molar-refractivity contribution in [1.29, 1.82) is 0 Å². The van der Waals surface area contributed by atoms with E-state index in [-0.39, 0.29) is 6.42 Å². The van der Waals surface area contributed by atoms with Gasteiger partial charge in [0.1, 0.15) is 0 Å². The van der Waals surface area contributed by atoms with Crippen LogP contribution in [0.2, 0.25) is 0 Å². The molecule has 0 saturated carbocycles. The van der Waals surface area contributed by atoms with Crippen molar-refractivity contribution in [2.24, 2.45) is 0 Å². The van der Waals surface area contributed by atoms with Gasteiger partial charge in [0.2, 0.25) is 0 Å². The van der Waals surface area contributed by atoms with Gasteiger partial charge in [-0.2, -0.15) is 0 Å². The molecule has 0 amide bonds. The Labute approximate surface area is 95.7 Å². The molecule has 0 aliphatic carbocycles. The monoisotopic (exact) mass is 219 g/mol. The highest BCUT2D eigenvalue weighted by molar-refractivity contribution is 5.70. The van der Waals surface area contributed by atoms with Gasteiger partial charge in [-0.15, -0.1) is 0 Å². The van der Waals surface area contributed by atoms with Crippen molar-refractivity contribution >= 4 is 5.97 Å². The SMILES string of the molecule is CC1CCN1Cc1ccccc1CC(=O)O. The first-order valence-corrected chi connectivity index (χ1v) is 5.69. The first-order chi connectivity index (χ1) is 7.66. The number of carbonyl (C=O) groups is 1. The van der Waals surface area contributed by atoms with Gasteiger partial charge in [0.05, 0.1) is 6.42 Å². The molecule has 3 heteroatoms. The summed E-state index contributed by atoms with van der Waals surface area (Å²) in [6.45, 7) is 4.22. The van der Waals surface area contributed by atoms with Crippen molar-refractivity contribution in [2.45, 2.75) is 32.4 Å². The third-order valence-corrected chi connectivity index (χ3v) is 3.29. The van der Waals surface area contributed by atoms with Crippen molar-refractivity contribution in [3.8, 4) is 0 Å². The summed E-state index contributed by atoms with van der Waals surface area (Å²) in [7, 11) is 0. The van der Waals surface area contributed by atoms with Crippen LogP contribution in [0.15, 0.2) is 24.3 Å². The quantitative estimate of drug-likeness (QED) is 0.841. The van der Waals surface area contributed by atoms with Crippen LogP contribution in [0.5, 0.6) is 0 Å². The third kappa shape index (κ3) is 2.42. The van der Waals surface area contributed by atoms with E-state index in [1.54, 1.807) is 0 Å². The summed E-state index contributed by atoms with van der Waals surface area (Å²) >= 11 is 0. The molecule has 1 N–H and O–H groups in total. The van der Waals surface area contributed by atoms with Crippen LogP contribution >= 0.6 is 0 Å². The normalized spacial score (nSPS) is 20.4. The minimum Gasteiger partial charge on any atom is -0.481 e. The van der Waals surface area contributed by atoms with E-state index in [1.807, 2.05) is 24.3 Å². The van der Waals surface area contributed by atoms with Crippen molar-refractivity contribution in [3.05, 3.63) is 35.4 Å². The Kier molecular flexibility index (Phi) is 3.25. The summed E-state index contributed by atoms with van der Waals surface area (Å²) < 4.78 is 0. The van der Waals surface area contributed by atoms with Gasteiger partial charge in [-0.25, -0.2) is 0 Å². The second-order valence-corrected chi connectivity index (χ2v) is 4.45. The lowest BCUT2D eigenvalue weighted by atomic mass is 10.00. The fraction of sp³-hybridized carbons (Fsp3) is 0.462. The topological polar surface area (TPSA) is 40.5 Å². The van der Waals surface area contributed by atoms with Gasteiger partial charge in [0, 0.05) is 19.1 Å². The lowest BCUT2D eigenvalue weighted by molar-refractivity contribution is -0.136. The number of hydrogen-bond donors (Lipinski definition) is 1. The highest BCUT2D eigenvalue weighted by Crippen LogP contribution is 2.21. The molecule has 1 heterocycles. The second kappa shape index (κ2) is 4.66. The molecule has 1 unspecified atom stereocenters. The zero-order valence-electron chi connectivity index (χ0n) is 9.52. The van der Waals surface area contributed by atoms with E-state index < -0.39 is 5.97 Å². The third-order valence-electron chi connectivity index (χ3n) is 3.29. The molecule has 0 bridgehead atoms. The van der Waals surface area contributed by atoms with Crippen molar-refractivity contribution < 1.29 is 9.90 Å². The minimum absolute atomic E-state index is 0.123. The summed E-state index contributed by atoms with van der Waals surface area (Å²) in [6, 6.07) is 8.46. The predicted octanol–water partition coefficient (Wildman–Crippen LogP) is 1.91. The van der Waals surface area contributed by atoms with Gasteiger partial charge in [-0.3, -0.25) is 9.69 Å². The number of hydrogen-bond acceptors (Lipinski definition) is 2. The summed E-state index contributed by atoms with van der Waals surface area (Å²) in [5.41, 5.74) is 2.09. The predicted molar refractivity (Wildman–Crippen MR) is 62.3 cm³/mol. The van der Waals surface area contributed by atoms with E-state index in [4.69, 9.17) is 5.11 Å². The van der Waals surface area contributed by atoms with Crippen LogP contribution in [0.3, 0.4) is 0 Å². The standard InChI is InChI=1S/C13H17NO2/c1-10-6-7-14(10)9-12-5-3-2-4-11(12)8-13(15)16/h2-5,10H,6-9H2,1H3,(H,15,16). The number of carboxylic acid groups (broad SMARTS) is 1. The maximum Gasteiger partial charge on any atom is 0.307 e. The first kappa shape index (κ1) is 11.1. The summed E-state index contributed by atoms with van der Waals surface area (Å²) in [4.78, 5) is 13.1. The van der Waals surface area contributed by atoms with Crippen molar-refractivity contribution in [3.63, 3.8) is 0 Å². The molecule has 1 saturated heterocycles. The molecule has 3 nitrogen and oxygen atoms in total. The van der Waals surface area contributed by atoms with E-state index in [9.17, 15) is 4.79 Å². The van der Waals surface area contributed by atoms with Gasteiger partial charge < -0.3 is 5.11 Å². The molecule has 1 aromatic carbocycles. The number of nitrogens with zero attached hydrogens (tertiary/aromatic N) is 1. The highest BCUT2D eigenvalue weighted by atomic mass is 16.4. The maximum absolute atomic E-state index is 10.7. The Balaban J connectivity index is 2.09. The van der Waals surface area contributed by atoms with Gasteiger partial charge in [-0.05, 0) is 24.5 Å². The highest BCUT2D eigenvalue weighted by Gasteiger charge is 2.23. The number of rotatable bonds is 4. The van der Waals surface area contributed by atoms with E-state index in [2.05, 4.69) is 11.8 Å². The molecular formula is C13H17NO2. The average Bonchev–Trinajstić information content (AvgIpc) is 2.25. The first-order valence-electron chi connectivity index (χ1n) is 5.69. The molecular weight excluding hydrogens is 202 g/mol. The Bertz CT molecular complexity index is 389. The largest absolute Gasteiger partial charge is 0.481 e. The van der Waals surface area contributed by atoms with Crippen LogP contribution in [0, 0.1) is 0 Å². The maximum atomic E-state index is 10.7. The fourth-order valence-electron chi connectivity index (χ4n) is 2.07. The van der Waals surface area contributed by atoms with Crippen molar-refractivity contribution in [2.75, 3.05) is 6.54 Å². The Morgan fingerprint density at radius 1 is 1.44 bits per heavy atom. The molecule has 86 valence electrons. The molecule has 1 fully saturated rings. The Hall–Kier alpha value is -1.35. The van der Waals surface area contributed by atoms with E-state index in [1.165, 1.54) is 6.42 Å². The number of likely N-dealkylation sites (tertiary alicyclic amines) is 1. The van der Waals surface area contributed by atoms with Crippen LogP contribution in [0.4, 0.5) is 0 Å². The Morgan fingerprint density at radius 3 is 2.62 bits per heavy atom. The van der Waals surface area contributed by atoms with Crippen LogP contribution in [-0.4, -0.2) is 28.6 Å². The smallest absolute Gasteiger partial charge is 0.307 e. The molecule has 1 aromatic rings. The van der Waals surface area contributed by atoms with Crippen LogP contribution in [0.25, 0.3) is 0 Å². The zero-order valence-corrected chi connectivity index (χ0v) is 9.52. The molecule has 1 aliphatic heterocycles. The van der Waals surface area contributed by atoms with Crippen LogP contribution in [0.1, 0.15) is 24.5 Å². The Morgan fingerprint density at radius 2 is 2.12 bits per heavy atom. The van der Waals surface area contributed by atoms with Gasteiger partial charge in [0.25, 0.3) is 0 Å². The fourth-order valence-corrected chi connectivity index (χ4v) is 2.07. The molecule has 0 aromatic heterocycles. The molecule has 1 aliphatic rings. The molecule has 2 rings (SSSR count). The summed E-state index contributed by atoms with van der Waals surface area (Å²) in [6.07, 6.45) is 1.37.